The number of rotatable bonds is 6. The molecule has 0 radical (unpaired) electrons. The number of carbonyl (C=O) groups excluding carboxylic acids is 1. The van der Waals surface area contributed by atoms with Crippen molar-refractivity contribution in [1.82, 2.24) is 24.8 Å². The number of anilines is 2. The van der Waals surface area contributed by atoms with E-state index in [-0.39, 0.29) is 11.9 Å². The van der Waals surface area contributed by atoms with Gasteiger partial charge in [0.05, 0.1) is 43.3 Å². The van der Waals surface area contributed by atoms with E-state index >= 15 is 0 Å². The SMILES string of the molecule is COc1ccc(CC(=O)N2CCCCC2c2ccnc(Nc3cncnc3)n2)cc1. The fourth-order valence-electron chi connectivity index (χ4n) is 3.67. The van der Waals surface area contributed by atoms with Crippen LogP contribution in [0.5, 0.6) is 5.75 Å². The molecular formula is C22H24N6O2. The fourth-order valence-corrected chi connectivity index (χ4v) is 3.67. The van der Waals surface area contributed by atoms with Crippen molar-refractivity contribution in [2.75, 3.05) is 19.0 Å². The molecule has 1 saturated heterocycles. The van der Waals surface area contributed by atoms with E-state index in [9.17, 15) is 4.79 Å². The predicted molar refractivity (Wildman–Crippen MR) is 112 cm³/mol. The number of amides is 1. The fraction of sp³-hybridized carbons (Fsp3) is 0.318. The number of methoxy groups -OCH3 is 1. The summed E-state index contributed by atoms with van der Waals surface area (Å²) in [6, 6.07) is 9.46. The van der Waals surface area contributed by atoms with Crippen LogP contribution in [0.1, 0.15) is 36.6 Å². The van der Waals surface area contributed by atoms with E-state index in [0.717, 1.165) is 42.8 Å². The van der Waals surface area contributed by atoms with E-state index in [1.807, 2.05) is 35.2 Å². The summed E-state index contributed by atoms with van der Waals surface area (Å²) in [5.74, 6) is 1.36. The highest BCUT2D eigenvalue weighted by molar-refractivity contribution is 5.79. The third-order valence-electron chi connectivity index (χ3n) is 5.17. The van der Waals surface area contributed by atoms with Gasteiger partial charge in [-0.15, -0.1) is 0 Å². The molecule has 1 N–H and O–H groups in total. The predicted octanol–water partition coefficient (Wildman–Crippen LogP) is 3.32. The standard InChI is InChI=1S/C22H24N6O2/c1-30-18-7-5-16(6-8-18)12-21(29)28-11-3-2-4-20(28)19-9-10-25-22(27-19)26-17-13-23-15-24-14-17/h5-10,13-15,20H,2-4,11-12H2,1H3,(H,25,26,27). The number of nitrogens with one attached hydrogen (secondary N) is 1. The van der Waals surface area contributed by atoms with Crippen LogP contribution in [0.2, 0.25) is 0 Å². The van der Waals surface area contributed by atoms with E-state index in [2.05, 4.69) is 25.3 Å². The molecule has 2 aromatic heterocycles. The van der Waals surface area contributed by atoms with Gasteiger partial charge in [-0.3, -0.25) is 4.79 Å². The number of ether oxygens (including phenoxy) is 1. The van der Waals surface area contributed by atoms with Crippen molar-refractivity contribution in [3.05, 3.63) is 66.5 Å². The normalized spacial score (nSPS) is 16.2. The Kier molecular flexibility index (Phi) is 6.12. The molecule has 154 valence electrons. The first-order valence-electron chi connectivity index (χ1n) is 10.0. The summed E-state index contributed by atoms with van der Waals surface area (Å²) in [7, 11) is 1.63. The Morgan fingerprint density at radius 2 is 1.97 bits per heavy atom. The Hall–Kier alpha value is -3.55. The minimum absolute atomic E-state index is 0.0555. The lowest BCUT2D eigenvalue weighted by Gasteiger charge is -2.35. The van der Waals surface area contributed by atoms with Gasteiger partial charge in [0.15, 0.2) is 0 Å². The van der Waals surface area contributed by atoms with Gasteiger partial charge in [-0.1, -0.05) is 12.1 Å². The molecular weight excluding hydrogens is 380 g/mol. The van der Waals surface area contributed by atoms with Gasteiger partial charge in [0.2, 0.25) is 11.9 Å². The topological polar surface area (TPSA) is 93.1 Å². The molecule has 0 spiro atoms. The van der Waals surface area contributed by atoms with Crippen LogP contribution in [0.4, 0.5) is 11.6 Å². The summed E-state index contributed by atoms with van der Waals surface area (Å²) in [5.41, 5.74) is 2.53. The summed E-state index contributed by atoms with van der Waals surface area (Å²) in [4.78, 5) is 32.0. The molecule has 1 fully saturated rings. The van der Waals surface area contributed by atoms with Crippen molar-refractivity contribution in [3.63, 3.8) is 0 Å². The van der Waals surface area contributed by atoms with Crippen molar-refractivity contribution >= 4 is 17.5 Å². The zero-order valence-corrected chi connectivity index (χ0v) is 16.9. The number of hydrogen-bond donors (Lipinski definition) is 1. The smallest absolute Gasteiger partial charge is 0.227 e. The minimum Gasteiger partial charge on any atom is -0.497 e. The van der Waals surface area contributed by atoms with E-state index in [1.165, 1.54) is 6.33 Å². The first-order chi connectivity index (χ1) is 14.7. The second-order valence-corrected chi connectivity index (χ2v) is 7.18. The lowest BCUT2D eigenvalue weighted by atomic mass is 9.98. The molecule has 30 heavy (non-hydrogen) atoms. The van der Waals surface area contributed by atoms with Crippen LogP contribution in [-0.4, -0.2) is 44.4 Å². The van der Waals surface area contributed by atoms with Crippen molar-refractivity contribution in [2.45, 2.75) is 31.7 Å². The number of hydrogen-bond acceptors (Lipinski definition) is 7. The average molecular weight is 404 g/mol. The third-order valence-corrected chi connectivity index (χ3v) is 5.17. The first-order valence-corrected chi connectivity index (χ1v) is 10.0. The number of piperidine rings is 1. The van der Waals surface area contributed by atoms with Crippen molar-refractivity contribution < 1.29 is 9.53 Å². The first kappa shape index (κ1) is 19.8. The molecule has 1 unspecified atom stereocenters. The maximum absolute atomic E-state index is 13.1. The third kappa shape index (κ3) is 4.71. The van der Waals surface area contributed by atoms with E-state index in [4.69, 9.17) is 4.74 Å². The molecule has 8 heteroatoms. The number of aromatic nitrogens is 4. The van der Waals surface area contributed by atoms with Crippen LogP contribution in [0.15, 0.2) is 55.2 Å². The molecule has 3 heterocycles. The Morgan fingerprint density at radius 1 is 1.17 bits per heavy atom. The maximum Gasteiger partial charge on any atom is 0.227 e. The molecule has 1 aliphatic rings. The summed E-state index contributed by atoms with van der Waals surface area (Å²) in [6.45, 7) is 0.735. The maximum atomic E-state index is 13.1. The zero-order valence-electron chi connectivity index (χ0n) is 16.9. The average Bonchev–Trinajstić information content (AvgIpc) is 2.80. The molecule has 0 aliphatic carbocycles. The Morgan fingerprint density at radius 3 is 2.73 bits per heavy atom. The van der Waals surface area contributed by atoms with Gasteiger partial charge in [-0.2, -0.15) is 0 Å². The lowest BCUT2D eigenvalue weighted by Crippen LogP contribution is -2.39. The Labute approximate surface area is 175 Å². The van der Waals surface area contributed by atoms with Crippen LogP contribution < -0.4 is 10.1 Å². The molecule has 0 saturated carbocycles. The van der Waals surface area contributed by atoms with Crippen LogP contribution >= 0.6 is 0 Å². The molecule has 1 aromatic carbocycles. The summed E-state index contributed by atoms with van der Waals surface area (Å²) < 4.78 is 5.20. The zero-order chi connectivity index (χ0) is 20.8. The Bertz CT molecular complexity index is 980. The summed E-state index contributed by atoms with van der Waals surface area (Å²) in [6.07, 6.45) is 9.82. The molecule has 8 nitrogen and oxygen atoms in total. The molecule has 1 atom stereocenters. The summed E-state index contributed by atoms with van der Waals surface area (Å²) in [5, 5.41) is 3.12. The number of carbonyl (C=O) groups is 1. The monoisotopic (exact) mass is 404 g/mol. The number of benzene rings is 1. The van der Waals surface area contributed by atoms with Crippen LogP contribution in [0.3, 0.4) is 0 Å². The molecule has 0 bridgehead atoms. The van der Waals surface area contributed by atoms with Crippen LogP contribution in [0.25, 0.3) is 0 Å². The number of nitrogens with zero attached hydrogens (tertiary/aromatic N) is 5. The van der Waals surface area contributed by atoms with Gasteiger partial charge in [0.25, 0.3) is 0 Å². The minimum atomic E-state index is -0.0555. The van der Waals surface area contributed by atoms with Gasteiger partial charge < -0.3 is 15.0 Å². The van der Waals surface area contributed by atoms with Gasteiger partial charge >= 0.3 is 0 Å². The van der Waals surface area contributed by atoms with Crippen molar-refractivity contribution in [3.8, 4) is 5.75 Å². The van der Waals surface area contributed by atoms with Gasteiger partial charge in [0.1, 0.15) is 12.1 Å². The highest BCUT2D eigenvalue weighted by Gasteiger charge is 2.29. The number of likely N-dealkylation sites (tertiary alicyclic amines) is 1. The van der Waals surface area contributed by atoms with E-state index in [0.29, 0.717) is 18.1 Å². The molecule has 4 rings (SSSR count). The van der Waals surface area contributed by atoms with Crippen molar-refractivity contribution in [1.29, 1.82) is 0 Å². The van der Waals surface area contributed by atoms with Gasteiger partial charge in [-0.25, -0.2) is 19.9 Å². The Balaban J connectivity index is 1.50. The molecule has 1 aliphatic heterocycles. The second-order valence-electron chi connectivity index (χ2n) is 7.18. The van der Waals surface area contributed by atoms with Crippen LogP contribution in [-0.2, 0) is 11.2 Å². The molecule has 1 amide bonds. The van der Waals surface area contributed by atoms with Crippen LogP contribution in [0, 0.1) is 0 Å². The van der Waals surface area contributed by atoms with E-state index in [1.54, 1.807) is 25.7 Å². The lowest BCUT2D eigenvalue weighted by molar-refractivity contribution is -0.134. The largest absolute Gasteiger partial charge is 0.497 e. The van der Waals surface area contributed by atoms with Gasteiger partial charge in [-0.05, 0) is 43.0 Å². The quantitative estimate of drug-likeness (QED) is 0.674. The van der Waals surface area contributed by atoms with E-state index < -0.39 is 0 Å². The second kappa shape index (κ2) is 9.30. The highest BCUT2D eigenvalue weighted by atomic mass is 16.5. The van der Waals surface area contributed by atoms with Crippen molar-refractivity contribution in [2.24, 2.45) is 0 Å². The molecule has 3 aromatic rings. The highest BCUT2D eigenvalue weighted by Crippen LogP contribution is 2.31. The van der Waals surface area contributed by atoms with Gasteiger partial charge in [0, 0.05) is 12.7 Å². The summed E-state index contributed by atoms with van der Waals surface area (Å²) >= 11 is 0.